The van der Waals surface area contributed by atoms with Crippen LogP contribution in [0.25, 0.3) is 6.08 Å². The largest absolute Gasteiger partial charge is 0.497 e. The van der Waals surface area contributed by atoms with E-state index < -0.39 is 0 Å². The van der Waals surface area contributed by atoms with Crippen LogP contribution in [0.1, 0.15) is 5.56 Å². The van der Waals surface area contributed by atoms with Crippen LogP contribution in [0.3, 0.4) is 0 Å². The van der Waals surface area contributed by atoms with Crippen LogP contribution in [0.2, 0.25) is 0 Å². The molecule has 5 heteroatoms. The number of amidine groups is 1. The number of hydrogen-bond donors (Lipinski definition) is 0. The topological polar surface area (TPSA) is 41.9 Å². The molecule has 1 heterocycles. The van der Waals surface area contributed by atoms with Gasteiger partial charge in [-0.25, -0.2) is 4.99 Å². The molecule has 1 fully saturated rings. The number of para-hydroxylation sites is 2. The van der Waals surface area contributed by atoms with Gasteiger partial charge >= 0.3 is 0 Å². The Bertz CT molecular complexity index is 1030. The van der Waals surface area contributed by atoms with E-state index in [2.05, 4.69) is 0 Å². The smallest absolute Gasteiger partial charge is 0.271 e. The molecule has 1 aliphatic rings. The van der Waals surface area contributed by atoms with Gasteiger partial charge in [-0.05, 0) is 59.8 Å². The lowest BCUT2D eigenvalue weighted by Gasteiger charge is -2.15. The van der Waals surface area contributed by atoms with Crippen LogP contribution in [0.5, 0.6) is 5.75 Å². The van der Waals surface area contributed by atoms with Crippen LogP contribution >= 0.6 is 11.8 Å². The first-order chi connectivity index (χ1) is 13.7. The van der Waals surface area contributed by atoms with Crippen molar-refractivity contribution in [2.75, 3.05) is 12.0 Å². The maximum Gasteiger partial charge on any atom is 0.271 e. The Morgan fingerprint density at radius 3 is 2.18 bits per heavy atom. The van der Waals surface area contributed by atoms with E-state index in [0.29, 0.717) is 10.1 Å². The number of benzene rings is 3. The number of ether oxygens (including phenoxy) is 1. The van der Waals surface area contributed by atoms with Gasteiger partial charge in [0.1, 0.15) is 5.75 Å². The summed E-state index contributed by atoms with van der Waals surface area (Å²) in [7, 11) is 1.63. The van der Waals surface area contributed by atoms with Crippen molar-refractivity contribution in [1.29, 1.82) is 0 Å². The van der Waals surface area contributed by atoms with Crippen molar-refractivity contribution in [3.05, 3.63) is 95.4 Å². The van der Waals surface area contributed by atoms with Gasteiger partial charge in [-0.15, -0.1) is 0 Å². The summed E-state index contributed by atoms with van der Waals surface area (Å²) in [6, 6.07) is 26.9. The number of rotatable bonds is 4. The molecule has 0 spiro atoms. The average Bonchev–Trinajstić information content (AvgIpc) is 3.04. The number of hydrogen-bond acceptors (Lipinski definition) is 4. The molecular weight excluding hydrogens is 368 g/mol. The third-order valence-electron chi connectivity index (χ3n) is 4.22. The molecule has 4 nitrogen and oxygen atoms in total. The van der Waals surface area contributed by atoms with Crippen molar-refractivity contribution in [2.24, 2.45) is 4.99 Å². The molecule has 3 aromatic rings. The molecule has 1 saturated heterocycles. The Morgan fingerprint density at radius 1 is 0.893 bits per heavy atom. The SMILES string of the molecule is COc1ccc(/C=C2/SC(=Nc3ccccc3)N(c3ccccc3)C2=O)cc1. The lowest BCUT2D eigenvalue weighted by atomic mass is 10.2. The van der Waals surface area contributed by atoms with E-state index in [1.54, 1.807) is 12.0 Å². The zero-order chi connectivity index (χ0) is 19.3. The zero-order valence-electron chi connectivity index (χ0n) is 15.3. The Hall–Kier alpha value is -3.31. The zero-order valence-corrected chi connectivity index (χ0v) is 16.1. The lowest BCUT2D eigenvalue weighted by molar-refractivity contribution is -0.113. The lowest BCUT2D eigenvalue weighted by Crippen LogP contribution is -2.28. The van der Waals surface area contributed by atoms with E-state index in [0.717, 1.165) is 22.7 Å². The minimum Gasteiger partial charge on any atom is -0.497 e. The fourth-order valence-corrected chi connectivity index (χ4v) is 3.82. The van der Waals surface area contributed by atoms with Gasteiger partial charge in [0.2, 0.25) is 0 Å². The quantitative estimate of drug-likeness (QED) is 0.556. The Balaban J connectivity index is 1.73. The first kappa shape index (κ1) is 18.1. The molecule has 3 aromatic carbocycles. The van der Waals surface area contributed by atoms with E-state index in [-0.39, 0.29) is 5.91 Å². The number of methoxy groups -OCH3 is 1. The number of carbonyl (C=O) groups excluding carboxylic acids is 1. The first-order valence-corrected chi connectivity index (χ1v) is 9.63. The molecule has 1 amide bonds. The summed E-state index contributed by atoms with van der Waals surface area (Å²) in [6.45, 7) is 0. The van der Waals surface area contributed by atoms with Gasteiger partial charge in [-0.3, -0.25) is 9.69 Å². The van der Waals surface area contributed by atoms with Crippen molar-refractivity contribution < 1.29 is 9.53 Å². The minimum atomic E-state index is -0.0818. The standard InChI is InChI=1S/C23H18N2O2S/c1-27-20-14-12-17(13-15-20)16-21-22(26)25(19-10-6-3-7-11-19)23(28-21)24-18-8-4-2-5-9-18/h2-16H,1H3/b21-16+,24-23?. The van der Waals surface area contributed by atoms with Gasteiger partial charge in [0, 0.05) is 0 Å². The maximum atomic E-state index is 13.2. The van der Waals surface area contributed by atoms with Crippen molar-refractivity contribution in [3.63, 3.8) is 0 Å². The minimum absolute atomic E-state index is 0.0818. The van der Waals surface area contributed by atoms with Crippen LogP contribution in [-0.2, 0) is 4.79 Å². The molecule has 0 bridgehead atoms. The fourth-order valence-electron chi connectivity index (χ4n) is 2.82. The van der Waals surface area contributed by atoms with Gasteiger partial charge in [0.15, 0.2) is 5.17 Å². The normalized spacial score (nSPS) is 16.8. The van der Waals surface area contributed by atoms with E-state index >= 15 is 0 Å². The summed E-state index contributed by atoms with van der Waals surface area (Å²) in [5.41, 5.74) is 2.54. The van der Waals surface area contributed by atoms with E-state index in [4.69, 9.17) is 9.73 Å². The third kappa shape index (κ3) is 3.85. The Kier molecular flexibility index (Phi) is 5.26. The van der Waals surface area contributed by atoms with Gasteiger partial charge in [0.05, 0.1) is 23.4 Å². The number of amides is 1. The van der Waals surface area contributed by atoms with E-state index in [1.165, 1.54) is 11.8 Å². The van der Waals surface area contributed by atoms with Gasteiger partial charge in [-0.1, -0.05) is 48.5 Å². The third-order valence-corrected chi connectivity index (χ3v) is 5.18. The summed E-state index contributed by atoms with van der Waals surface area (Å²) < 4.78 is 5.20. The molecule has 0 radical (unpaired) electrons. The number of nitrogens with zero attached hydrogens (tertiary/aromatic N) is 2. The molecule has 0 saturated carbocycles. The number of aliphatic imine (C=N–C) groups is 1. The van der Waals surface area contributed by atoms with Crippen LogP contribution < -0.4 is 9.64 Å². The van der Waals surface area contributed by atoms with Crippen LogP contribution in [0.15, 0.2) is 94.8 Å². The fraction of sp³-hybridized carbons (Fsp3) is 0.0435. The van der Waals surface area contributed by atoms with Crippen LogP contribution in [-0.4, -0.2) is 18.2 Å². The van der Waals surface area contributed by atoms with Crippen molar-refractivity contribution in [1.82, 2.24) is 0 Å². The predicted molar refractivity (Wildman–Crippen MR) is 116 cm³/mol. The highest BCUT2D eigenvalue weighted by Gasteiger charge is 2.34. The predicted octanol–water partition coefficient (Wildman–Crippen LogP) is 5.50. The van der Waals surface area contributed by atoms with Gasteiger partial charge < -0.3 is 4.74 Å². The molecule has 0 aliphatic carbocycles. The maximum absolute atomic E-state index is 13.2. The highest BCUT2D eigenvalue weighted by atomic mass is 32.2. The highest BCUT2D eigenvalue weighted by Crippen LogP contribution is 2.37. The van der Waals surface area contributed by atoms with Gasteiger partial charge in [-0.2, -0.15) is 0 Å². The summed E-state index contributed by atoms with van der Waals surface area (Å²) in [5.74, 6) is 0.700. The Morgan fingerprint density at radius 2 is 1.54 bits per heavy atom. The van der Waals surface area contributed by atoms with Gasteiger partial charge in [0.25, 0.3) is 5.91 Å². The summed E-state index contributed by atoms with van der Waals surface area (Å²) in [5, 5.41) is 0.641. The second-order valence-electron chi connectivity index (χ2n) is 6.09. The highest BCUT2D eigenvalue weighted by molar-refractivity contribution is 8.19. The van der Waals surface area contributed by atoms with Crippen molar-refractivity contribution in [2.45, 2.75) is 0 Å². The van der Waals surface area contributed by atoms with Crippen LogP contribution in [0.4, 0.5) is 11.4 Å². The molecule has 28 heavy (non-hydrogen) atoms. The average molecular weight is 386 g/mol. The van der Waals surface area contributed by atoms with E-state index in [9.17, 15) is 4.79 Å². The summed E-state index contributed by atoms with van der Waals surface area (Å²) in [4.78, 5) is 20.2. The van der Waals surface area contributed by atoms with Crippen LogP contribution in [0, 0.1) is 0 Å². The second-order valence-corrected chi connectivity index (χ2v) is 7.10. The van der Waals surface area contributed by atoms with Crippen molar-refractivity contribution in [3.8, 4) is 5.75 Å². The van der Waals surface area contributed by atoms with E-state index in [1.807, 2.05) is 91.0 Å². The molecule has 0 atom stereocenters. The molecule has 138 valence electrons. The molecule has 0 aromatic heterocycles. The summed E-state index contributed by atoms with van der Waals surface area (Å²) in [6.07, 6.45) is 1.88. The Labute approximate surface area is 168 Å². The molecule has 1 aliphatic heterocycles. The molecule has 4 rings (SSSR count). The monoisotopic (exact) mass is 386 g/mol. The molecular formula is C23H18N2O2S. The second kappa shape index (κ2) is 8.15. The number of carbonyl (C=O) groups is 1. The first-order valence-electron chi connectivity index (χ1n) is 8.81. The molecule has 0 unspecified atom stereocenters. The van der Waals surface area contributed by atoms with Crippen molar-refractivity contribution >= 4 is 40.3 Å². The summed E-state index contributed by atoms with van der Waals surface area (Å²) >= 11 is 1.38. The number of anilines is 1. The number of thioether (sulfide) groups is 1. The molecule has 0 N–H and O–H groups in total.